The number of benzene rings is 1. The number of rotatable bonds is 3. The largest absolute Gasteiger partial charge is 0.393 e. The zero-order valence-corrected chi connectivity index (χ0v) is 15.1. The Kier molecular flexibility index (Phi) is 5.07. The lowest BCUT2D eigenvalue weighted by molar-refractivity contribution is -0.126. The smallest absolute Gasteiger partial charge is 0.225 e. The Labute approximate surface area is 154 Å². The first-order valence-electron chi connectivity index (χ1n) is 9.78. The van der Waals surface area contributed by atoms with Crippen molar-refractivity contribution in [3.8, 4) is 0 Å². The molecule has 0 radical (unpaired) electrons. The van der Waals surface area contributed by atoms with E-state index in [1.54, 1.807) is 0 Å². The summed E-state index contributed by atoms with van der Waals surface area (Å²) in [6.07, 6.45) is 7.01. The Morgan fingerprint density at radius 3 is 2.77 bits per heavy atom. The minimum Gasteiger partial charge on any atom is -0.393 e. The first-order chi connectivity index (χ1) is 12.7. The lowest BCUT2D eigenvalue weighted by Gasteiger charge is -2.35. The number of carbonyl (C=O) groups excluding carboxylic acids is 1. The molecule has 1 aliphatic carbocycles. The number of pyridine rings is 1. The van der Waals surface area contributed by atoms with E-state index in [1.807, 2.05) is 24.4 Å². The first-order valence-corrected chi connectivity index (χ1v) is 9.78. The number of fused-ring (bicyclic) bond motifs is 1. The minimum atomic E-state index is -0.187. The van der Waals surface area contributed by atoms with Crippen LogP contribution in [0.3, 0.4) is 0 Å². The SMILES string of the molecule is O=C(NC1CCC(O)CC1)[C@H]1CCCN(c2ccnc3ccccc23)C1. The fourth-order valence-corrected chi connectivity index (χ4v) is 4.31. The van der Waals surface area contributed by atoms with Gasteiger partial charge in [-0.3, -0.25) is 9.78 Å². The molecule has 1 saturated carbocycles. The van der Waals surface area contributed by atoms with E-state index in [9.17, 15) is 9.90 Å². The van der Waals surface area contributed by atoms with Crippen molar-refractivity contribution in [3.05, 3.63) is 36.5 Å². The second-order valence-corrected chi connectivity index (χ2v) is 7.65. The van der Waals surface area contributed by atoms with Gasteiger partial charge in [0.25, 0.3) is 0 Å². The molecule has 0 spiro atoms. The number of anilines is 1. The van der Waals surface area contributed by atoms with E-state index < -0.39 is 0 Å². The zero-order valence-electron chi connectivity index (χ0n) is 15.1. The molecule has 2 heterocycles. The summed E-state index contributed by atoms with van der Waals surface area (Å²) in [6, 6.07) is 10.5. The van der Waals surface area contributed by atoms with Crippen LogP contribution in [0.15, 0.2) is 36.5 Å². The van der Waals surface area contributed by atoms with Gasteiger partial charge in [0.15, 0.2) is 0 Å². The quantitative estimate of drug-likeness (QED) is 0.890. The van der Waals surface area contributed by atoms with E-state index in [2.05, 4.69) is 27.3 Å². The van der Waals surface area contributed by atoms with Gasteiger partial charge in [0.1, 0.15) is 0 Å². The third-order valence-corrected chi connectivity index (χ3v) is 5.80. The van der Waals surface area contributed by atoms with Gasteiger partial charge in [-0.1, -0.05) is 18.2 Å². The summed E-state index contributed by atoms with van der Waals surface area (Å²) >= 11 is 0. The van der Waals surface area contributed by atoms with Gasteiger partial charge in [-0.2, -0.15) is 0 Å². The van der Waals surface area contributed by atoms with E-state index in [4.69, 9.17) is 0 Å². The maximum absolute atomic E-state index is 12.8. The first kappa shape index (κ1) is 17.3. The summed E-state index contributed by atoms with van der Waals surface area (Å²) in [7, 11) is 0. The minimum absolute atomic E-state index is 0.0301. The van der Waals surface area contributed by atoms with Crippen molar-refractivity contribution in [1.82, 2.24) is 10.3 Å². The van der Waals surface area contributed by atoms with E-state index in [0.29, 0.717) is 0 Å². The van der Waals surface area contributed by atoms with Gasteiger partial charge in [-0.05, 0) is 50.7 Å². The average molecular weight is 353 g/mol. The van der Waals surface area contributed by atoms with Crippen LogP contribution < -0.4 is 10.2 Å². The molecule has 1 aromatic heterocycles. The number of hydrogen-bond acceptors (Lipinski definition) is 4. The number of nitrogens with one attached hydrogen (secondary N) is 1. The molecule has 1 saturated heterocycles. The Hall–Kier alpha value is -2.14. The molecule has 2 fully saturated rings. The molecule has 4 rings (SSSR count). The van der Waals surface area contributed by atoms with Gasteiger partial charge in [-0.25, -0.2) is 0 Å². The van der Waals surface area contributed by atoms with Crippen LogP contribution in [0.25, 0.3) is 10.9 Å². The van der Waals surface area contributed by atoms with Crippen molar-refractivity contribution in [1.29, 1.82) is 0 Å². The van der Waals surface area contributed by atoms with Crippen LogP contribution in [0.2, 0.25) is 0 Å². The van der Waals surface area contributed by atoms with Crippen LogP contribution in [0, 0.1) is 5.92 Å². The van der Waals surface area contributed by atoms with Gasteiger partial charge in [0, 0.05) is 36.4 Å². The molecular weight excluding hydrogens is 326 g/mol. The summed E-state index contributed by atoms with van der Waals surface area (Å²) in [5, 5.41) is 14.0. The fourth-order valence-electron chi connectivity index (χ4n) is 4.31. The molecular formula is C21H27N3O2. The van der Waals surface area contributed by atoms with E-state index in [-0.39, 0.29) is 24.0 Å². The number of amides is 1. The van der Waals surface area contributed by atoms with Gasteiger partial charge in [0.05, 0.1) is 17.5 Å². The van der Waals surface area contributed by atoms with Gasteiger partial charge < -0.3 is 15.3 Å². The number of carbonyl (C=O) groups is 1. The predicted molar refractivity (Wildman–Crippen MR) is 103 cm³/mol. The second kappa shape index (κ2) is 7.62. The molecule has 2 aromatic rings. The fraction of sp³-hybridized carbons (Fsp3) is 0.524. The van der Waals surface area contributed by atoms with Crippen molar-refractivity contribution in [3.63, 3.8) is 0 Å². The predicted octanol–water partition coefficient (Wildman–Crippen LogP) is 2.87. The molecule has 1 aromatic carbocycles. The highest BCUT2D eigenvalue weighted by Gasteiger charge is 2.29. The number of hydrogen-bond donors (Lipinski definition) is 2. The molecule has 5 nitrogen and oxygen atoms in total. The summed E-state index contributed by atoms with van der Waals surface area (Å²) in [5.74, 6) is 0.206. The highest BCUT2D eigenvalue weighted by molar-refractivity contribution is 5.91. The van der Waals surface area contributed by atoms with Crippen LogP contribution in [0.5, 0.6) is 0 Å². The molecule has 0 bridgehead atoms. The number of piperidine rings is 1. The van der Waals surface area contributed by atoms with Gasteiger partial charge >= 0.3 is 0 Å². The average Bonchev–Trinajstić information content (AvgIpc) is 2.69. The number of aliphatic hydroxyl groups is 1. The van der Waals surface area contributed by atoms with Crippen LogP contribution in [-0.4, -0.2) is 41.2 Å². The monoisotopic (exact) mass is 353 g/mol. The summed E-state index contributed by atoms with van der Waals surface area (Å²) in [4.78, 5) is 19.6. The Bertz CT molecular complexity index is 765. The van der Waals surface area contributed by atoms with Crippen molar-refractivity contribution in [2.75, 3.05) is 18.0 Å². The highest BCUT2D eigenvalue weighted by Crippen LogP contribution is 2.29. The number of aliphatic hydroxyl groups excluding tert-OH is 1. The van der Waals surface area contributed by atoms with Crippen LogP contribution in [0.1, 0.15) is 38.5 Å². The molecule has 0 unspecified atom stereocenters. The molecule has 26 heavy (non-hydrogen) atoms. The molecule has 1 aliphatic heterocycles. The summed E-state index contributed by atoms with van der Waals surface area (Å²) < 4.78 is 0. The standard InChI is InChI=1S/C21H27N3O2/c25-17-9-7-16(8-10-17)23-21(26)15-4-3-13-24(14-15)20-11-12-22-19-6-2-1-5-18(19)20/h1-2,5-6,11-12,15-17,25H,3-4,7-10,13-14H2,(H,23,26)/t15-,16?,17?/m0/s1. The van der Waals surface area contributed by atoms with Crippen molar-refractivity contribution in [2.24, 2.45) is 5.92 Å². The second-order valence-electron chi connectivity index (χ2n) is 7.65. The van der Waals surface area contributed by atoms with Crippen molar-refractivity contribution >= 4 is 22.5 Å². The molecule has 5 heteroatoms. The van der Waals surface area contributed by atoms with Crippen LogP contribution in [-0.2, 0) is 4.79 Å². The maximum Gasteiger partial charge on any atom is 0.225 e. The maximum atomic E-state index is 12.8. The van der Waals surface area contributed by atoms with Crippen molar-refractivity contribution < 1.29 is 9.90 Å². The molecule has 2 N–H and O–H groups in total. The Balaban J connectivity index is 1.44. The normalized spacial score (nSPS) is 26.7. The molecule has 2 aliphatic rings. The van der Waals surface area contributed by atoms with E-state index in [0.717, 1.165) is 62.5 Å². The van der Waals surface area contributed by atoms with Crippen LogP contribution >= 0.6 is 0 Å². The number of aromatic nitrogens is 1. The van der Waals surface area contributed by atoms with Gasteiger partial charge in [0.2, 0.25) is 5.91 Å². The van der Waals surface area contributed by atoms with E-state index in [1.165, 1.54) is 5.69 Å². The molecule has 1 atom stereocenters. The number of para-hydroxylation sites is 1. The Morgan fingerprint density at radius 1 is 1.12 bits per heavy atom. The lowest BCUT2D eigenvalue weighted by atomic mass is 9.91. The van der Waals surface area contributed by atoms with E-state index >= 15 is 0 Å². The van der Waals surface area contributed by atoms with Crippen molar-refractivity contribution in [2.45, 2.75) is 50.7 Å². The highest BCUT2D eigenvalue weighted by atomic mass is 16.3. The van der Waals surface area contributed by atoms with Crippen LogP contribution in [0.4, 0.5) is 5.69 Å². The topological polar surface area (TPSA) is 65.5 Å². The Morgan fingerprint density at radius 2 is 1.92 bits per heavy atom. The number of nitrogens with zero attached hydrogens (tertiary/aromatic N) is 2. The lowest BCUT2D eigenvalue weighted by Crippen LogP contribution is -2.47. The molecule has 138 valence electrons. The summed E-state index contributed by atoms with van der Waals surface area (Å²) in [6.45, 7) is 1.74. The molecule has 1 amide bonds. The zero-order chi connectivity index (χ0) is 17.9. The van der Waals surface area contributed by atoms with Gasteiger partial charge in [-0.15, -0.1) is 0 Å². The summed E-state index contributed by atoms with van der Waals surface area (Å²) in [5.41, 5.74) is 2.17. The third-order valence-electron chi connectivity index (χ3n) is 5.80. The third kappa shape index (κ3) is 3.68.